The highest BCUT2D eigenvalue weighted by molar-refractivity contribution is 5.48. The van der Waals surface area contributed by atoms with Crippen molar-refractivity contribution >= 4 is 11.5 Å². The summed E-state index contributed by atoms with van der Waals surface area (Å²) < 4.78 is 28.4. The fourth-order valence-corrected chi connectivity index (χ4v) is 0.959. The van der Waals surface area contributed by atoms with Crippen molar-refractivity contribution in [3.05, 3.63) is 22.2 Å². The van der Waals surface area contributed by atoms with Crippen molar-refractivity contribution in [2.24, 2.45) is 0 Å². The number of hydrogen-bond donors (Lipinski definition) is 1. The number of halogens is 2. The average Bonchev–Trinajstić information content (AvgIpc) is 2.25. The van der Waals surface area contributed by atoms with Gasteiger partial charge < -0.3 is 10.1 Å². The second-order valence-electron chi connectivity index (χ2n) is 2.73. The van der Waals surface area contributed by atoms with Crippen LogP contribution < -0.4 is 10.1 Å². The second-order valence-corrected chi connectivity index (χ2v) is 2.73. The summed E-state index contributed by atoms with van der Waals surface area (Å²) in [5.74, 6) is -0.119. The van der Waals surface area contributed by atoms with E-state index in [0.29, 0.717) is 5.82 Å². The third kappa shape index (κ3) is 3.01. The topological polar surface area (TPSA) is 77.3 Å². The van der Waals surface area contributed by atoms with Crippen LogP contribution in [0.3, 0.4) is 0 Å². The minimum atomic E-state index is -2.71. The fourth-order valence-electron chi connectivity index (χ4n) is 0.959. The largest absolute Gasteiger partial charge is 0.467 e. The van der Waals surface area contributed by atoms with Crippen LogP contribution in [0.1, 0.15) is 0 Å². The van der Waals surface area contributed by atoms with Gasteiger partial charge in [0.15, 0.2) is 6.61 Å². The van der Waals surface area contributed by atoms with Crippen LogP contribution >= 0.6 is 0 Å². The summed E-state index contributed by atoms with van der Waals surface area (Å²) in [5.41, 5.74) is -0.445. The van der Waals surface area contributed by atoms with Crippen LogP contribution in [-0.2, 0) is 0 Å². The normalized spacial score (nSPS) is 10.2. The van der Waals surface area contributed by atoms with E-state index in [9.17, 15) is 18.9 Å². The molecule has 0 bridgehead atoms. The molecule has 0 radical (unpaired) electrons. The van der Waals surface area contributed by atoms with Crippen molar-refractivity contribution in [2.75, 3.05) is 19.0 Å². The highest BCUT2D eigenvalue weighted by Crippen LogP contribution is 2.26. The van der Waals surface area contributed by atoms with E-state index in [-0.39, 0.29) is 0 Å². The monoisotopic (exact) mass is 233 g/mol. The molecule has 88 valence electrons. The van der Waals surface area contributed by atoms with Crippen molar-refractivity contribution in [2.45, 2.75) is 6.43 Å². The van der Waals surface area contributed by atoms with E-state index in [1.165, 1.54) is 6.07 Å². The third-order valence-corrected chi connectivity index (χ3v) is 1.64. The molecule has 0 unspecified atom stereocenters. The van der Waals surface area contributed by atoms with Gasteiger partial charge >= 0.3 is 5.69 Å². The van der Waals surface area contributed by atoms with Gasteiger partial charge in [-0.2, -0.15) is 4.98 Å². The number of anilines is 1. The standard InChI is InChI=1S/C8H9F2N3O3/c1-11-7-3-2-5(13(14)15)8(12-7)16-4-6(9)10/h2-3,6H,4H2,1H3,(H,11,12). The van der Waals surface area contributed by atoms with Crippen LogP contribution in [0.15, 0.2) is 12.1 Å². The van der Waals surface area contributed by atoms with Crippen LogP contribution in [0.4, 0.5) is 20.3 Å². The molecule has 0 aliphatic rings. The zero-order valence-electron chi connectivity index (χ0n) is 8.31. The number of aromatic nitrogens is 1. The Hall–Kier alpha value is -1.99. The van der Waals surface area contributed by atoms with Gasteiger partial charge in [0.25, 0.3) is 12.3 Å². The molecule has 8 heteroatoms. The Balaban J connectivity index is 2.96. The SMILES string of the molecule is CNc1ccc([N+](=O)[O-])c(OCC(F)F)n1. The van der Waals surface area contributed by atoms with Crippen molar-refractivity contribution < 1.29 is 18.4 Å². The van der Waals surface area contributed by atoms with Crippen LogP contribution in [0.5, 0.6) is 5.88 Å². The molecule has 0 aromatic carbocycles. The molecule has 1 N–H and O–H groups in total. The van der Waals surface area contributed by atoms with Crippen LogP contribution in [0, 0.1) is 10.1 Å². The molecule has 0 atom stereocenters. The first kappa shape index (κ1) is 12.1. The Morgan fingerprint density at radius 3 is 2.81 bits per heavy atom. The molecule has 0 spiro atoms. The van der Waals surface area contributed by atoms with E-state index in [4.69, 9.17) is 0 Å². The Morgan fingerprint density at radius 1 is 1.62 bits per heavy atom. The van der Waals surface area contributed by atoms with Crippen LogP contribution in [-0.4, -0.2) is 30.0 Å². The lowest BCUT2D eigenvalue weighted by Gasteiger charge is -2.06. The predicted octanol–water partition coefficient (Wildman–Crippen LogP) is 1.68. The van der Waals surface area contributed by atoms with E-state index in [0.717, 1.165) is 6.07 Å². The molecule has 1 aromatic heterocycles. The van der Waals surface area contributed by atoms with Gasteiger partial charge in [-0.05, 0) is 6.07 Å². The van der Waals surface area contributed by atoms with E-state index in [1.807, 2.05) is 0 Å². The predicted molar refractivity (Wildman–Crippen MR) is 51.9 cm³/mol. The van der Waals surface area contributed by atoms with E-state index >= 15 is 0 Å². The molecule has 0 saturated carbocycles. The van der Waals surface area contributed by atoms with Gasteiger partial charge in [0.1, 0.15) is 5.82 Å². The smallest absolute Gasteiger partial charge is 0.331 e. The molecule has 1 rings (SSSR count). The number of alkyl halides is 2. The van der Waals surface area contributed by atoms with E-state index < -0.39 is 29.5 Å². The zero-order valence-corrected chi connectivity index (χ0v) is 8.31. The first-order chi connectivity index (χ1) is 7.54. The Labute approximate surface area is 89.4 Å². The summed E-state index contributed by atoms with van der Waals surface area (Å²) in [6, 6.07) is 2.49. The number of ether oxygens (including phenoxy) is 1. The Bertz CT molecular complexity index is 387. The lowest BCUT2D eigenvalue weighted by Crippen LogP contribution is -2.10. The Morgan fingerprint density at radius 2 is 2.31 bits per heavy atom. The summed E-state index contributed by atoms with van der Waals surface area (Å²) in [6.07, 6.45) is -2.71. The third-order valence-electron chi connectivity index (χ3n) is 1.64. The van der Waals surface area contributed by atoms with E-state index in [1.54, 1.807) is 7.05 Å². The van der Waals surface area contributed by atoms with Gasteiger partial charge in [-0.15, -0.1) is 0 Å². The molecule has 6 nitrogen and oxygen atoms in total. The summed E-state index contributed by atoms with van der Waals surface area (Å²) in [5, 5.41) is 13.2. The van der Waals surface area contributed by atoms with Crippen LogP contribution in [0.25, 0.3) is 0 Å². The second kappa shape index (κ2) is 5.19. The highest BCUT2D eigenvalue weighted by Gasteiger charge is 2.18. The minimum Gasteiger partial charge on any atom is -0.467 e. The fraction of sp³-hybridized carbons (Fsp3) is 0.375. The molecular weight excluding hydrogens is 224 g/mol. The lowest BCUT2D eigenvalue weighted by atomic mass is 10.4. The van der Waals surface area contributed by atoms with Crippen molar-refractivity contribution in [1.29, 1.82) is 0 Å². The number of hydrogen-bond acceptors (Lipinski definition) is 5. The van der Waals surface area contributed by atoms with Crippen LogP contribution in [0.2, 0.25) is 0 Å². The number of nitro groups is 1. The number of rotatable bonds is 5. The van der Waals surface area contributed by atoms with Gasteiger partial charge in [-0.1, -0.05) is 0 Å². The maximum absolute atomic E-state index is 11.9. The summed E-state index contributed by atoms with van der Waals surface area (Å²) in [7, 11) is 1.55. The van der Waals surface area contributed by atoms with Gasteiger partial charge in [0, 0.05) is 13.1 Å². The van der Waals surface area contributed by atoms with Gasteiger partial charge in [-0.25, -0.2) is 8.78 Å². The maximum Gasteiger partial charge on any atom is 0.331 e. The number of nitrogens with one attached hydrogen (secondary N) is 1. The molecule has 16 heavy (non-hydrogen) atoms. The highest BCUT2D eigenvalue weighted by atomic mass is 19.3. The molecule has 1 aromatic rings. The average molecular weight is 233 g/mol. The van der Waals surface area contributed by atoms with Gasteiger partial charge in [-0.3, -0.25) is 10.1 Å². The van der Waals surface area contributed by atoms with Crippen molar-refractivity contribution in [3.8, 4) is 5.88 Å². The van der Waals surface area contributed by atoms with Crippen molar-refractivity contribution in [3.63, 3.8) is 0 Å². The summed E-state index contributed by atoms with van der Waals surface area (Å²) >= 11 is 0. The van der Waals surface area contributed by atoms with Crippen molar-refractivity contribution in [1.82, 2.24) is 4.98 Å². The van der Waals surface area contributed by atoms with E-state index in [2.05, 4.69) is 15.0 Å². The zero-order chi connectivity index (χ0) is 12.1. The molecule has 0 amide bonds. The number of pyridine rings is 1. The molecule has 0 fully saturated rings. The minimum absolute atomic E-state index is 0.301. The molecule has 0 aliphatic heterocycles. The molecule has 1 heterocycles. The summed E-state index contributed by atoms with van der Waals surface area (Å²) in [6.45, 7) is -0.930. The first-order valence-electron chi connectivity index (χ1n) is 4.28. The molecular formula is C8H9F2N3O3. The van der Waals surface area contributed by atoms with Gasteiger partial charge in [0.05, 0.1) is 4.92 Å². The van der Waals surface area contributed by atoms with Gasteiger partial charge in [0.2, 0.25) is 0 Å². The quantitative estimate of drug-likeness (QED) is 0.618. The maximum atomic E-state index is 11.9. The lowest BCUT2D eigenvalue weighted by molar-refractivity contribution is -0.386. The number of nitrogens with zero attached hydrogens (tertiary/aromatic N) is 2. The molecule has 0 aliphatic carbocycles. The first-order valence-corrected chi connectivity index (χ1v) is 4.28. The summed E-state index contributed by atoms with van der Waals surface area (Å²) in [4.78, 5) is 13.5. The molecule has 0 saturated heterocycles. The Kier molecular flexibility index (Phi) is 3.92.